The van der Waals surface area contributed by atoms with Crippen molar-refractivity contribution in [1.29, 1.82) is 0 Å². The molecule has 1 aromatic heterocycles. The molecule has 0 aliphatic heterocycles. The van der Waals surface area contributed by atoms with Gasteiger partial charge in [-0.1, -0.05) is 51.8 Å². The van der Waals surface area contributed by atoms with Crippen molar-refractivity contribution >= 4 is 44.6 Å². The summed E-state index contributed by atoms with van der Waals surface area (Å²) in [5.41, 5.74) is 3.49. The Kier molecular flexibility index (Phi) is 4.58. The van der Waals surface area contributed by atoms with Gasteiger partial charge >= 0.3 is 0 Å². The predicted molar refractivity (Wildman–Crippen MR) is 94.0 cm³/mol. The lowest BCUT2D eigenvalue weighted by atomic mass is 10.1. The number of thiazole rings is 1. The van der Waals surface area contributed by atoms with Crippen molar-refractivity contribution in [2.45, 2.75) is 6.54 Å². The molecule has 0 radical (unpaired) electrons. The topological polar surface area (TPSA) is 24.9 Å². The molecule has 0 aliphatic carbocycles. The molecular formula is C16H12BrClN2S. The molecule has 0 fully saturated rings. The molecule has 0 amide bonds. The van der Waals surface area contributed by atoms with E-state index in [0.717, 1.165) is 21.6 Å². The fourth-order valence-corrected chi connectivity index (χ4v) is 3.16. The van der Waals surface area contributed by atoms with Gasteiger partial charge in [-0.05, 0) is 35.4 Å². The number of hydrogen-bond acceptors (Lipinski definition) is 3. The van der Waals surface area contributed by atoms with E-state index < -0.39 is 0 Å². The van der Waals surface area contributed by atoms with Crippen LogP contribution in [0.2, 0.25) is 4.47 Å². The maximum absolute atomic E-state index is 5.82. The van der Waals surface area contributed by atoms with E-state index in [1.807, 2.05) is 0 Å². The van der Waals surface area contributed by atoms with Crippen molar-refractivity contribution in [3.8, 4) is 11.1 Å². The van der Waals surface area contributed by atoms with Gasteiger partial charge in [-0.15, -0.1) is 11.3 Å². The smallest absolute Gasteiger partial charge is 0.183 e. The second-order valence-electron chi connectivity index (χ2n) is 4.52. The number of nitrogens with zero attached hydrogens (tertiary/aromatic N) is 1. The van der Waals surface area contributed by atoms with E-state index in [4.69, 9.17) is 11.6 Å². The van der Waals surface area contributed by atoms with Gasteiger partial charge in [0.2, 0.25) is 0 Å². The standard InChI is InChI=1S/C16H12BrClN2S/c17-13-5-1-11(2-6-13)12-3-7-14(8-4-12)19-9-15-10-20-16(18)21-15/h1-8,10,19H,9H2. The summed E-state index contributed by atoms with van der Waals surface area (Å²) in [6, 6.07) is 16.7. The van der Waals surface area contributed by atoms with Crippen LogP contribution in [0.25, 0.3) is 11.1 Å². The number of rotatable bonds is 4. The van der Waals surface area contributed by atoms with E-state index in [9.17, 15) is 0 Å². The van der Waals surface area contributed by atoms with Gasteiger partial charge in [0.1, 0.15) is 0 Å². The third kappa shape index (κ3) is 3.84. The Morgan fingerprint density at radius 3 is 2.19 bits per heavy atom. The second-order valence-corrected chi connectivity index (χ2v) is 7.13. The monoisotopic (exact) mass is 378 g/mol. The summed E-state index contributed by atoms with van der Waals surface area (Å²) in [4.78, 5) is 5.15. The number of nitrogens with one attached hydrogen (secondary N) is 1. The van der Waals surface area contributed by atoms with Crippen LogP contribution in [0.3, 0.4) is 0 Å². The third-order valence-corrected chi connectivity index (χ3v) is 4.70. The average Bonchev–Trinajstić information content (AvgIpc) is 2.92. The summed E-state index contributed by atoms with van der Waals surface area (Å²) >= 11 is 10.8. The molecule has 1 heterocycles. The molecule has 21 heavy (non-hydrogen) atoms. The summed E-state index contributed by atoms with van der Waals surface area (Å²) < 4.78 is 1.67. The molecule has 1 N–H and O–H groups in total. The maximum atomic E-state index is 5.82. The molecule has 0 unspecified atom stereocenters. The Morgan fingerprint density at radius 1 is 1.00 bits per heavy atom. The molecule has 0 spiro atoms. The molecule has 0 saturated carbocycles. The number of benzene rings is 2. The first-order valence-corrected chi connectivity index (χ1v) is 8.39. The average molecular weight is 380 g/mol. The van der Waals surface area contributed by atoms with E-state index >= 15 is 0 Å². The minimum Gasteiger partial charge on any atom is -0.380 e. The number of anilines is 1. The number of aromatic nitrogens is 1. The summed E-state index contributed by atoms with van der Waals surface area (Å²) in [5, 5.41) is 3.37. The zero-order valence-electron chi connectivity index (χ0n) is 11.0. The van der Waals surface area contributed by atoms with Crippen molar-refractivity contribution in [2.75, 3.05) is 5.32 Å². The van der Waals surface area contributed by atoms with Crippen LogP contribution in [0, 0.1) is 0 Å². The Bertz CT molecular complexity index is 723. The van der Waals surface area contributed by atoms with Crippen molar-refractivity contribution < 1.29 is 0 Å². The van der Waals surface area contributed by atoms with Crippen LogP contribution in [0.4, 0.5) is 5.69 Å². The Labute approximate surface area is 140 Å². The van der Waals surface area contributed by atoms with Gasteiger partial charge in [0.05, 0.1) is 6.54 Å². The van der Waals surface area contributed by atoms with Crippen LogP contribution in [-0.2, 0) is 6.54 Å². The van der Waals surface area contributed by atoms with Gasteiger partial charge in [-0.25, -0.2) is 4.98 Å². The molecule has 106 valence electrons. The van der Waals surface area contributed by atoms with Gasteiger partial charge in [0, 0.05) is 21.2 Å². The molecule has 3 rings (SSSR count). The predicted octanol–water partition coefficient (Wildman–Crippen LogP) is 5.84. The SMILES string of the molecule is Clc1ncc(CNc2ccc(-c3ccc(Br)cc3)cc2)s1. The lowest BCUT2D eigenvalue weighted by molar-refractivity contribution is 1.17. The van der Waals surface area contributed by atoms with Crippen molar-refractivity contribution in [3.63, 3.8) is 0 Å². The molecule has 0 atom stereocenters. The third-order valence-electron chi connectivity index (χ3n) is 3.05. The maximum Gasteiger partial charge on any atom is 0.183 e. The molecule has 3 aromatic rings. The van der Waals surface area contributed by atoms with Crippen molar-refractivity contribution in [2.24, 2.45) is 0 Å². The lowest BCUT2D eigenvalue weighted by Crippen LogP contribution is -1.96. The molecule has 0 bridgehead atoms. The van der Waals surface area contributed by atoms with Gasteiger partial charge in [0.25, 0.3) is 0 Å². The van der Waals surface area contributed by atoms with Crippen LogP contribution < -0.4 is 5.32 Å². The van der Waals surface area contributed by atoms with E-state index in [-0.39, 0.29) is 0 Å². The van der Waals surface area contributed by atoms with Gasteiger partial charge in [-0.2, -0.15) is 0 Å². The first-order chi connectivity index (χ1) is 10.2. The number of halogens is 2. The van der Waals surface area contributed by atoms with Crippen LogP contribution >= 0.6 is 38.9 Å². The van der Waals surface area contributed by atoms with Crippen molar-refractivity contribution in [1.82, 2.24) is 4.98 Å². The highest BCUT2D eigenvalue weighted by Gasteiger charge is 2.01. The Balaban J connectivity index is 1.67. The summed E-state index contributed by atoms with van der Waals surface area (Å²) in [7, 11) is 0. The minimum atomic E-state index is 0.581. The highest BCUT2D eigenvalue weighted by atomic mass is 79.9. The lowest BCUT2D eigenvalue weighted by Gasteiger charge is -2.06. The van der Waals surface area contributed by atoms with Crippen LogP contribution in [0.5, 0.6) is 0 Å². The van der Waals surface area contributed by atoms with Gasteiger partial charge in [0.15, 0.2) is 4.47 Å². The normalized spacial score (nSPS) is 10.6. The molecule has 5 heteroatoms. The first kappa shape index (κ1) is 14.6. The van der Waals surface area contributed by atoms with Crippen LogP contribution in [0.1, 0.15) is 4.88 Å². The van der Waals surface area contributed by atoms with Crippen LogP contribution in [0.15, 0.2) is 59.2 Å². The molecule has 2 nitrogen and oxygen atoms in total. The largest absolute Gasteiger partial charge is 0.380 e. The Hall–Kier alpha value is -1.36. The van der Waals surface area contributed by atoms with Gasteiger partial charge in [-0.3, -0.25) is 0 Å². The summed E-state index contributed by atoms with van der Waals surface area (Å²) in [6.07, 6.45) is 1.80. The highest BCUT2D eigenvalue weighted by molar-refractivity contribution is 9.10. The number of hydrogen-bond donors (Lipinski definition) is 1. The molecular weight excluding hydrogens is 368 g/mol. The van der Waals surface area contributed by atoms with E-state index in [0.29, 0.717) is 4.47 Å². The molecule has 0 saturated heterocycles. The zero-order valence-corrected chi connectivity index (χ0v) is 14.2. The quantitative estimate of drug-likeness (QED) is 0.616. The first-order valence-electron chi connectivity index (χ1n) is 6.41. The Morgan fingerprint density at radius 2 is 1.62 bits per heavy atom. The zero-order chi connectivity index (χ0) is 14.7. The second kappa shape index (κ2) is 6.60. The highest BCUT2D eigenvalue weighted by Crippen LogP contribution is 2.24. The van der Waals surface area contributed by atoms with Crippen molar-refractivity contribution in [3.05, 3.63) is 68.5 Å². The summed E-state index contributed by atoms with van der Waals surface area (Å²) in [5.74, 6) is 0. The molecule has 2 aromatic carbocycles. The molecule has 0 aliphatic rings. The summed E-state index contributed by atoms with van der Waals surface area (Å²) in [6.45, 7) is 0.738. The van der Waals surface area contributed by atoms with E-state index in [2.05, 4.69) is 74.8 Å². The van der Waals surface area contributed by atoms with Crippen LogP contribution in [-0.4, -0.2) is 4.98 Å². The fraction of sp³-hybridized carbons (Fsp3) is 0.0625. The van der Waals surface area contributed by atoms with E-state index in [1.54, 1.807) is 6.20 Å². The van der Waals surface area contributed by atoms with Gasteiger partial charge < -0.3 is 5.32 Å². The minimum absolute atomic E-state index is 0.581. The fourth-order valence-electron chi connectivity index (χ4n) is 1.98. The van der Waals surface area contributed by atoms with E-state index in [1.165, 1.54) is 22.5 Å².